The van der Waals surface area contributed by atoms with Gasteiger partial charge in [0.25, 0.3) is 0 Å². The molecule has 0 fully saturated rings. The normalized spacial score (nSPS) is 11.0. The summed E-state index contributed by atoms with van der Waals surface area (Å²) < 4.78 is 7.17. The van der Waals surface area contributed by atoms with E-state index in [1.54, 1.807) is 31.3 Å². The number of ether oxygens (including phenoxy) is 1. The van der Waals surface area contributed by atoms with E-state index in [1.165, 1.54) is 23.6 Å². The average Bonchev–Trinajstić information content (AvgIpc) is 3.05. The lowest BCUT2D eigenvalue weighted by Crippen LogP contribution is -2.33. The molecule has 0 atom stereocenters. The van der Waals surface area contributed by atoms with Crippen molar-refractivity contribution in [3.8, 4) is 5.75 Å². The molecule has 3 rings (SSSR count). The number of nitrogens with zero attached hydrogens (tertiary/aromatic N) is 3. The lowest BCUT2D eigenvalue weighted by atomic mass is 10.1. The molecule has 0 aliphatic heterocycles. The minimum Gasteiger partial charge on any atom is -0.495 e. The van der Waals surface area contributed by atoms with E-state index < -0.39 is 0 Å². The molecule has 0 aliphatic rings. The highest BCUT2D eigenvalue weighted by Gasteiger charge is 2.15. The summed E-state index contributed by atoms with van der Waals surface area (Å²) in [5.74, 6) is -0.165. The third kappa shape index (κ3) is 6.26. The second-order valence-electron chi connectivity index (χ2n) is 8.15. The first-order valence-electron chi connectivity index (χ1n) is 10.8. The third-order valence-electron chi connectivity index (χ3n) is 5.48. The summed E-state index contributed by atoms with van der Waals surface area (Å²) in [5.41, 5.74) is 5.51. The Morgan fingerprint density at radius 1 is 1.15 bits per heavy atom. The van der Waals surface area contributed by atoms with Crippen molar-refractivity contribution in [3.05, 3.63) is 81.6 Å². The number of amides is 2. The molecule has 0 saturated carbocycles. The van der Waals surface area contributed by atoms with Gasteiger partial charge >= 0.3 is 0 Å². The van der Waals surface area contributed by atoms with Crippen molar-refractivity contribution in [2.75, 3.05) is 26.0 Å². The van der Waals surface area contributed by atoms with E-state index in [1.807, 2.05) is 18.5 Å². The molecule has 2 amide bonds. The van der Waals surface area contributed by atoms with Crippen LogP contribution in [0.15, 0.2) is 48.5 Å². The Balaban J connectivity index is 1.63. The van der Waals surface area contributed by atoms with Gasteiger partial charge in [-0.25, -0.2) is 0 Å². The Hall–Kier alpha value is -3.58. The molecule has 34 heavy (non-hydrogen) atoms. The van der Waals surface area contributed by atoms with Crippen LogP contribution in [0.2, 0.25) is 5.02 Å². The average molecular weight is 481 g/mol. The van der Waals surface area contributed by atoms with Crippen molar-refractivity contribution in [3.63, 3.8) is 0 Å². The van der Waals surface area contributed by atoms with Gasteiger partial charge in [0.1, 0.15) is 5.75 Å². The van der Waals surface area contributed by atoms with E-state index >= 15 is 0 Å². The second kappa shape index (κ2) is 11.0. The largest absolute Gasteiger partial charge is 0.495 e. The number of aryl methyl sites for hydroxylation is 2. The third-order valence-corrected chi connectivity index (χ3v) is 5.71. The topological polar surface area (TPSA) is 76.5 Å². The number of anilines is 1. The second-order valence-corrected chi connectivity index (χ2v) is 8.58. The molecule has 0 aliphatic carbocycles. The molecule has 7 nitrogen and oxygen atoms in total. The van der Waals surface area contributed by atoms with E-state index in [0.29, 0.717) is 23.0 Å². The fraction of sp³-hybridized carbons (Fsp3) is 0.269. The van der Waals surface area contributed by atoms with Crippen molar-refractivity contribution in [1.82, 2.24) is 14.7 Å². The number of hydrogen-bond donors (Lipinski definition) is 1. The van der Waals surface area contributed by atoms with Crippen LogP contribution in [0.25, 0.3) is 6.08 Å². The minimum absolute atomic E-state index is 0.122. The van der Waals surface area contributed by atoms with Gasteiger partial charge < -0.3 is 15.0 Å². The number of aromatic nitrogens is 2. The molecule has 178 valence electrons. The van der Waals surface area contributed by atoms with Crippen LogP contribution in [0.5, 0.6) is 5.75 Å². The summed E-state index contributed by atoms with van der Waals surface area (Å²) in [7, 11) is 3.08. The van der Waals surface area contributed by atoms with Crippen LogP contribution in [-0.4, -0.2) is 47.2 Å². The van der Waals surface area contributed by atoms with Gasteiger partial charge in [0, 0.05) is 29.4 Å². The molecule has 0 spiro atoms. The van der Waals surface area contributed by atoms with Crippen molar-refractivity contribution in [1.29, 1.82) is 0 Å². The molecular weight excluding hydrogens is 452 g/mol. The van der Waals surface area contributed by atoms with Crippen molar-refractivity contribution in [2.45, 2.75) is 27.3 Å². The maximum atomic E-state index is 12.6. The molecule has 1 aromatic heterocycles. The number of nitrogens with one attached hydrogen (secondary N) is 1. The van der Waals surface area contributed by atoms with Crippen LogP contribution in [0.4, 0.5) is 5.69 Å². The summed E-state index contributed by atoms with van der Waals surface area (Å²) in [6, 6.07) is 13.3. The first-order chi connectivity index (χ1) is 16.2. The van der Waals surface area contributed by atoms with Crippen LogP contribution in [0, 0.1) is 20.8 Å². The molecular formula is C26H29ClN4O3. The highest BCUT2D eigenvalue weighted by Crippen LogP contribution is 2.27. The number of benzene rings is 2. The summed E-state index contributed by atoms with van der Waals surface area (Å²) in [6.07, 6.45) is 3.21. The van der Waals surface area contributed by atoms with Crippen LogP contribution < -0.4 is 10.1 Å². The van der Waals surface area contributed by atoms with Gasteiger partial charge in [-0.05, 0) is 50.6 Å². The summed E-state index contributed by atoms with van der Waals surface area (Å²) in [6.45, 7) is 6.49. The zero-order valence-electron chi connectivity index (χ0n) is 20.1. The van der Waals surface area contributed by atoms with Crippen LogP contribution in [-0.2, 0) is 16.1 Å². The summed E-state index contributed by atoms with van der Waals surface area (Å²) in [5, 5.41) is 7.82. The van der Waals surface area contributed by atoms with Crippen molar-refractivity contribution in [2.24, 2.45) is 0 Å². The van der Waals surface area contributed by atoms with Gasteiger partial charge in [0.2, 0.25) is 11.8 Å². The first kappa shape index (κ1) is 25.1. The molecule has 0 bridgehead atoms. The van der Waals surface area contributed by atoms with E-state index in [4.69, 9.17) is 16.3 Å². The monoisotopic (exact) mass is 480 g/mol. The molecule has 3 aromatic rings. The zero-order chi connectivity index (χ0) is 24.8. The smallest absolute Gasteiger partial charge is 0.246 e. The Labute approximate surface area is 205 Å². The van der Waals surface area contributed by atoms with Gasteiger partial charge in [-0.15, -0.1) is 0 Å². The SMILES string of the molecule is COc1ccc(Cl)cc1NC(=O)CN(C)C(=O)/C=C/c1c(C)nn(Cc2ccc(C)cc2)c1C. The van der Waals surface area contributed by atoms with Crippen LogP contribution >= 0.6 is 11.6 Å². The molecule has 2 aromatic carbocycles. The minimum atomic E-state index is -0.358. The van der Waals surface area contributed by atoms with E-state index in [-0.39, 0.29) is 18.4 Å². The maximum Gasteiger partial charge on any atom is 0.246 e. The Bertz CT molecular complexity index is 1220. The van der Waals surface area contributed by atoms with E-state index in [9.17, 15) is 9.59 Å². The fourth-order valence-electron chi connectivity index (χ4n) is 3.52. The molecule has 0 saturated heterocycles. The fourth-order valence-corrected chi connectivity index (χ4v) is 3.69. The predicted octanol–water partition coefficient (Wildman–Crippen LogP) is 4.63. The highest BCUT2D eigenvalue weighted by atomic mass is 35.5. The number of halogens is 1. The first-order valence-corrected chi connectivity index (χ1v) is 11.2. The quantitative estimate of drug-likeness (QED) is 0.477. The lowest BCUT2D eigenvalue weighted by molar-refractivity contribution is -0.129. The molecule has 1 N–H and O–H groups in total. The maximum absolute atomic E-state index is 12.6. The summed E-state index contributed by atoms with van der Waals surface area (Å²) >= 11 is 6.00. The predicted molar refractivity (Wildman–Crippen MR) is 135 cm³/mol. The Kier molecular flexibility index (Phi) is 8.12. The van der Waals surface area contributed by atoms with Crippen LogP contribution in [0.3, 0.4) is 0 Å². The molecule has 8 heteroatoms. The molecule has 1 heterocycles. The van der Waals surface area contributed by atoms with Gasteiger partial charge in [-0.1, -0.05) is 41.4 Å². The van der Waals surface area contributed by atoms with Gasteiger partial charge in [-0.2, -0.15) is 5.10 Å². The number of carbonyl (C=O) groups excluding carboxylic acids is 2. The van der Waals surface area contributed by atoms with Gasteiger partial charge in [0.15, 0.2) is 0 Å². The Morgan fingerprint density at radius 3 is 2.53 bits per heavy atom. The van der Waals surface area contributed by atoms with E-state index in [2.05, 4.69) is 41.6 Å². The van der Waals surface area contributed by atoms with Crippen molar-refractivity contribution >= 4 is 35.2 Å². The zero-order valence-corrected chi connectivity index (χ0v) is 20.8. The number of likely N-dealkylation sites (N-methyl/N-ethyl adjacent to an activating group) is 1. The number of carbonyl (C=O) groups is 2. The van der Waals surface area contributed by atoms with Gasteiger partial charge in [0.05, 0.1) is 31.6 Å². The standard InChI is InChI=1S/C26H29ClN4O3/c1-17-6-8-20(9-7-17)15-31-19(3)22(18(2)29-31)11-13-26(33)30(4)16-25(32)28-23-14-21(27)10-12-24(23)34-5/h6-14H,15-16H2,1-5H3,(H,28,32)/b13-11+. The number of methoxy groups -OCH3 is 1. The Morgan fingerprint density at radius 2 is 1.85 bits per heavy atom. The van der Waals surface area contributed by atoms with Gasteiger partial charge in [-0.3, -0.25) is 14.3 Å². The summed E-state index contributed by atoms with van der Waals surface area (Å²) in [4.78, 5) is 26.4. The van der Waals surface area contributed by atoms with Crippen molar-refractivity contribution < 1.29 is 14.3 Å². The number of hydrogen-bond acceptors (Lipinski definition) is 4. The van der Waals surface area contributed by atoms with E-state index in [0.717, 1.165) is 22.5 Å². The number of rotatable bonds is 8. The highest BCUT2D eigenvalue weighted by molar-refractivity contribution is 6.31. The molecule has 0 unspecified atom stereocenters. The molecule has 0 radical (unpaired) electrons. The lowest BCUT2D eigenvalue weighted by Gasteiger charge is -2.16. The van der Waals surface area contributed by atoms with Crippen LogP contribution in [0.1, 0.15) is 28.1 Å².